The Balaban J connectivity index is 1.74. The van der Waals surface area contributed by atoms with E-state index in [1.807, 2.05) is 6.92 Å². The molecule has 2 N–H and O–H groups in total. The van der Waals surface area contributed by atoms with Crippen LogP contribution in [-0.4, -0.2) is 37.7 Å². The van der Waals surface area contributed by atoms with E-state index in [2.05, 4.69) is 9.88 Å². The van der Waals surface area contributed by atoms with E-state index in [0.29, 0.717) is 18.8 Å². The molecule has 1 saturated carbocycles. The van der Waals surface area contributed by atoms with Crippen LogP contribution in [0, 0.1) is 5.92 Å². The van der Waals surface area contributed by atoms with Gasteiger partial charge in [-0.2, -0.15) is 13.1 Å². The number of para-hydroxylation sites is 2. The number of aliphatic hydroxyl groups excluding tert-OH is 1. The average molecular weight is 370 g/mol. The lowest BCUT2D eigenvalue weighted by molar-refractivity contribution is -0.121. The van der Waals surface area contributed by atoms with Crippen molar-refractivity contribution in [3.63, 3.8) is 0 Å². The highest BCUT2D eigenvalue weighted by Gasteiger charge is 2.56. The number of aliphatic hydroxyl groups is 1. The minimum Gasteiger partial charge on any atom is -0.490 e. The van der Waals surface area contributed by atoms with Gasteiger partial charge in [0.15, 0.2) is 23.3 Å². The van der Waals surface area contributed by atoms with Crippen molar-refractivity contribution in [1.82, 2.24) is 4.72 Å². The summed E-state index contributed by atoms with van der Waals surface area (Å²) in [6.07, 6.45) is 0.662. The number of rotatable bonds is 7. The van der Waals surface area contributed by atoms with Gasteiger partial charge in [0, 0.05) is 5.92 Å². The number of hydrogen-bond acceptors (Lipinski definition) is 7. The summed E-state index contributed by atoms with van der Waals surface area (Å²) in [5.74, 6) is 0.239. The molecule has 0 radical (unpaired) electrons. The molecule has 1 fully saturated rings. The first-order chi connectivity index (χ1) is 11.9. The van der Waals surface area contributed by atoms with Gasteiger partial charge in [0.25, 0.3) is 0 Å². The summed E-state index contributed by atoms with van der Waals surface area (Å²) in [6, 6.07) is 6.43. The number of ether oxygens (including phenoxy) is 1. The average Bonchev–Trinajstić information content (AvgIpc) is 3.11. The molecule has 1 heterocycles. The Morgan fingerprint density at radius 3 is 2.88 bits per heavy atom. The van der Waals surface area contributed by atoms with Gasteiger partial charge in [-0.25, -0.2) is 0 Å². The molecule has 0 bridgehead atoms. The summed E-state index contributed by atoms with van der Waals surface area (Å²) < 4.78 is 37.3. The van der Waals surface area contributed by atoms with Gasteiger partial charge in [-0.3, -0.25) is 0 Å². The molecule has 9 heteroatoms. The molecule has 3 unspecified atom stereocenters. The number of nitrogens with zero attached hydrogens (tertiary/aromatic N) is 1. The Bertz CT molecular complexity index is 766. The Morgan fingerprint density at radius 2 is 2.16 bits per heavy atom. The van der Waals surface area contributed by atoms with Crippen molar-refractivity contribution in [2.45, 2.75) is 44.9 Å². The van der Waals surface area contributed by atoms with Crippen LogP contribution >= 0.6 is 0 Å². The molecule has 138 valence electrons. The molecule has 1 aromatic carbocycles. The molecule has 1 aromatic rings. The van der Waals surface area contributed by atoms with Crippen LogP contribution in [-0.2, 0) is 15.1 Å². The molecular formula is C16H22N2O6S. The van der Waals surface area contributed by atoms with E-state index in [0.717, 1.165) is 18.6 Å². The van der Waals surface area contributed by atoms with Crippen molar-refractivity contribution in [3.8, 4) is 11.5 Å². The number of benzene rings is 1. The molecule has 3 rings (SSSR count). The Morgan fingerprint density at radius 1 is 1.44 bits per heavy atom. The maximum Gasteiger partial charge on any atom is 0.385 e. The first-order valence-electron chi connectivity index (χ1n) is 8.22. The van der Waals surface area contributed by atoms with Crippen LogP contribution in [0.15, 0.2) is 29.4 Å². The second kappa shape index (κ2) is 6.81. The Hall–Kier alpha value is -1.84. The van der Waals surface area contributed by atoms with E-state index in [-0.39, 0.29) is 11.7 Å². The molecule has 0 aromatic heterocycles. The molecule has 25 heavy (non-hydrogen) atoms. The van der Waals surface area contributed by atoms with Crippen LogP contribution in [0.4, 0.5) is 0 Å². The van der Waals surface area contributed by atoms with Gasteiger partial charge in [-0.15, -0.1) is 0 Å². The van der Waals surface area contributed by atoms with E-state index >= 15 is 0 Å². The SMILES string of the molecule is CCOc1ccccc1OS(=O)(=O)NC(O)C12CCCC1C(C)=NO2. The normalized spacial score (nSPS) is 26.5. The first-order valence-corrected chi connectivity index (χ1v) is 9.63. The number of nitrogens with one attached hydrogen (secondary N) is 1. The highest BCUT2D eigenvalue weighted by molar-refractivity contribution is 7.85. The van der Waals surface area contributed by atoms with Gasteiger partial charge in [0.1, 0.15) is 0 Å². The van der Waals surface area contributed by atoms with Gasteiger partial charge >= 0.3 is 10.3 Å². The molecule has 1 aliphatic heterocycles. The zero-order chi connectivity index (χ0) is 18.1. The standard InChI is InChI=1S/C16H22N2O6S/c1-3-22-13-8-4-5-9-14(13)23-25(20,21)18-15(19)16-10-6-7-12(16)11(2)17-24-16/h4-5,8-9,12,15,18-19H,3,6-7,10H2,1-2H3. The fourth-order valence-corrected chi connectivity index (χ4v) is 4.34. The van der Waals surface area contributed by atoms with E-state index in [1.165, 1.54) is 6.07 Å². The first kappa shape index (κ1) is 18.0. The lowest BCUT2D eigenvalue weighted by atomic mass is 9.87. The Labute approximate surface area is 147 Å². The van der Waals surface area contributed by atoms with Crippen molar-refractivity contribution < 1.29 is 27.3 Å². The zero-order valence-corrected chi connectivity index (χ0v) is 15.0. The topological polar surface area (TPSA) is 106 Å². The summed E-state index contributed by atoms with van der Waals surface area (Å²) in [5.41, 5.74) is -0.307. The summed E-state index contributed by atoms with van der Waals surface area (Å²) in [7, 11) is -4.28. The molecular weight excluding hydrogens is 348 g/mol. The van der Waals surface area contributed by atoms with Crippen LogP contribution in [0.2, 0.25) is 0 Å². The monoisotopic (exact) mass is 370 g/mol. The third-order valence-corrected chi connectivity index (χ3v) is 5.49. The van der Waals surface area contributed by atoms with Crippen molar-refractivity contribution in [2.75, 3.05) is 6.61 Å². The summed E-state index contributed by atoms with van der Waals surface area (Å²) in [4.78, 5) is 5.43. The third kappa shape index (κ3) is 3.44. The third-order valence-electron chi connectivity index (χ3n) is 4.58. The van der Waals surface area contributed by atoms with Crippen molar-refractivity contribution >= 4 is 16.0 Å². The van der Waals surface area contributed by atoms with Gasteiger partial charge in [-0.05, 0) is 45.2 Å². The second-order valence-electron chi connectivity index (χ2n) is 6.16. The lowest BCUT2D eigenvalue weighted by Gasteiger charge is -2.31. The largest absolute Gasteiger partial charge is 0.490 e. The number of fused-ring (bicyclic) bond motifs is 1. The van der Waals surface area contributed by atoms with Gasteiger partial charge in [0.2, 0.25) is 0 Å². The summed E-state index contributed by atoms with van der Waals surface area (Å²) >= 11 is 0. The van der Waals surface area contributed by atoms with Crippen LogP contribution in [0.5, 0.6) is 11.5 Å². The molecule has 1 aliphatic carbocycles. The minimum absolute atomic E-state index is 0.0456. The molecule has 0 amide bonds. The quantitative estimate of drug-likeness (QED) is 0.706. The van der Waals surface area contributed by atoms with Crippen LogP contribution in [0.1, 0.15) is 33.1 Å². The van der Waals surface area contributed by atoms with Gasteiger partial charge in [0.05, 0.1) is 12.3 Å². The maximum absolute atomic E-state index is 12.3. The van der Waals surface area contributed by atoms with E-state index < -0.39 is 22.1 Å². The maximum atomic E-state index is 12.3. The van der Waals surface area contributed by atoms with E-state index in [4.69, 9.17) is 13.8 Å². The van der Waals surface area contributed by atoms with E-state index in [9.17, 15) is 13.5 Å². The van der Waals surface area contributed by atoms with Crippen molar-refractivity contribution in [3.05, 3.63) is 24.3 Å². The summed E-state index contributed by atoms with van der Waals surface area (Å²) in [6.45, 7) is 3.96. The van der Waals surface area contributed by atoms with Crippen LogP contribution in [0.3, 0.4) is 0 Å². The molecule has 2 aliphatic rings. The van der Waals surface area contributed by atoms with E-state index in [1.54, 1.807) is 25.1 Å². The van der Waals surface area contributed by atoms with Gasteiger partial charge < -0.3 is 18.9 Å². The summed E-state index contributed by atoms with van der Waals surface area (Å²) in [5, 5.41) is 14.4. The minimum atomic E-state index is -4.28. The highest BCUT2D eigenvalue weighted by atomic mass is 32.2. The fourth-order valence-electron chi connectivity index (χ4n) is 3.44. The smallest absolute Gasteiger partial charge is 0.385 e. The fraction of sp³-hybridized carbons (Fsp3) is 0.562. The lowest BCUT2D eigenvalue weighted by Crippen LogP contribution is -2.55. The molecule has 3 atom stereocenters. The predicted molar refractivity (Wildman–Crippen MR) is 90.6 cm³/mol. The molecule has 0 spiro atoms. The zero-order valence-electron chi connectivity index (χ0n) is 14.1. The Kier molecular flexibility index (Phi) is 4.90. The van der Waals surface area contributed by atoms with Crippen molar-refractivity contribution in [1.29, 1.82) is 0 Å². The molecule has 0 saturated heterocycles. The number of oxime groups is 1. The second-order valence-corrected chi connectivity index (χ2v) is 7.47. The highest BCUT2D eigenvalue weighted by Crippen LogP contribution is 2.45. The predicted octanol–water partition coefficient (Wildman–Crippen LogP) is 1.56. The van der Waals surface area contributed by atoms with Crippen LogP contribution in [0.25, 0.3) is 0 Å². The van der Waals surface area contributed by atoms with Crippen LogP contribution < -0.4 is 13.6 Å². The molecule has 8 nitrogen and oxygen atoms in total. The number of hydrogen-bond donors (Lipinski definition) is 2. The van der Waals surface area contributed by atoms with Gasteiger partial charge in [-0.1, -0.05) is 17.3 Å². The van der Waals surface area contributed by atoms with Crippen molar-refractivity contribution in [2.24, 2.45) is 11.1 Å².